The van der Waals surface area contributed by atoms with E-state index in [4.69, 9.17) is 0 Å². The van der Waals surface area contributed by atoms with Crippen molar-refractivity contribution in [2.45, 2.75) is 60.4 Å². The third kappa shape index (κ3) is 4.35. The average molecular weight is 347 g/mol. The first-order chi connectivity index (χ1) is 12.4. The molecule has 0 saturated carbocycles. The molecule has 0 heterocycles. The molecule has 2 nitrogen and oxygen atoms in total. The van der Waals surface area contributed by atoms with Gasteiger partial charge in [0.25, 0.3) is 0 Å². The van der Waals surface area contributed by atoms with E-state index in [0.29, 0.717) is 6.04 Å². The summed E-state index contributed by atoms with van der Waals surface area (Å²) in [6.07, 6.45) is 4.44. The van der Waals surface area contributed by atoms with Crippen LogP contribution in [0.2, 0.25) is 0 Å². The molecular weight excluding hydrogens is 316 g/mol. The lowest BCUT2D eigenvalue weighted by Gasteiger charge is -2.19. The molecule has 0 aliphatic rings. The van der Waals surface area contributed by atoms with Crippen LogP contribution in [0.3, 0.4) is 0 Å². The summed E-state index contributed by atoms with van der Waals surface area (Å²) in [5.74, 6) is 0. The molecule has 0 bridgehead atoms. The Morgan fingerprint density at radius 2 is 1.85 bits per heavy atom. The zero-order chi connectivity index (χ0) is 19.3. The van der Waals surface area contributed by atoms with Gasteiger partial charge in [0.15, 0.2) is 0 Å². The molecule has 0 saturated heterocycles. The maximum absolute atomic E-state index is 9.48. The highest BCUT2D eigenvalue weighted by molar-refractivity contribution is 5.85. The lowest BCUT2D eigenvalue weighted by atomic mass is 9.88. The van der Waals surface area contributed by atoms with Gasteiger partial charge in [-0.3, -0.25) is 0 Å². The number of nitrogens with one attached hydrogen (secondary N) is 1. The number of aryl methyl sites for hydroxylation is 2. The van der Waals surface area contributed by atoms with E-state index in [1.54, 1.807) is 0 Å². The lowest BCUT2D eigenvalue weighted by Crippen LogP contribution is -2.11. The number of anilines is 1. The Bertz CT molecular complexity index is 851. The highest BCUT2D eigenvalue weighted by Gasteiger charge is 2.14. The molecule has 0 aliphatic heterocycles. The Labute approximate surface area is 158 Å². The van der Waals surface area contributed by atoms with E-state index < -0.39 is 0 Å². The Morgan fingerprint density at radius 1 is 1.12 bits per heavy atom. The first kappa shape index (κ1) is 19.8. The summed E-state index contributed by atoms with van der Waals surface area (Å²) >= 11 is 0. The van der Waals surface area contributed by atoms with E-state index in [1.807, 2.05) is 13.0 Å². The van der Waals surface area contributed by atoms with Crippen molar-refractivity contribution >= 4 is 11.3 Å². The number of allylic oxidation sites excluding steroid dienone is 1. The predicted molar refractivity (Wildman–Crippen MR) is 113 cm³/mol. The lowest BCUT2D eigenvalue weighted by molar-refractivity contribution is 0.897. The van der Waals surface area contributed by atoms with Crippen LogP contribution in [0.15, 0.2) is 36.4 Å². The zero-order valence-electron chi connectivity index (χ0n) is 16.9. The predicted octanol–water partition coefficient (Wildman–Crippen LogP) is 6.54. The second kappa shape index (κ2) is 8.72. The number of hydrogen-bond acceptors (Lipinski definition) is 2. The van der Waals surface area contributed by atoms with Crippen LogP contribution in [0.1, 0.15) is 67.0 Å². The van der Waals surface area contributed by atoms with Crippen molar-refractivity contribution < 1.29 is 0 Å². The van der Waals surface area contributed by atoms with E-state index in [-0.39, 0.29) is 0 Å². The van der Waals surface area contributed by atoms with Crippen LogP contribution in [0, 0.1) is 32.1 Å². The summed E-state index contributed by atoms with van der Waals surface area (Å²) in [5.41, 5.74) is 9.05. The molecule has 2 rings (SSSR count). The fourth-order valence-electron chi connectivity index (χ4n) is 3.31. The third-order valence-corrected chi connectivity index (χ3v) is 4.69. The molecule has 2 aromatic rings. The van der Waals surface area contributed by atoms with Crippen LogP contribution >= 0.6 is 0 Å². The van der Waals surface area contributed by atoms with E-state index >= 15 is 0 Å². The molecule has 0 unspecified atom stereocenters. The molecule has 0 aliphatic carbocycles. The topological polar surface area (TPSA) is 35.8 Å². The minimum absolute atomic E-state index is 0.387. The summed E-state index contributed by atoms with van der Waals surface area (Å²) in [4.78, 5) is 0. The van der Waals surface area contributed by atoms with Crippen LogP contribution in [0.4, 0.5) is 5.69 Å². The van der Waals surface area contributed by atoms with Gasteiger partial charge in [-0.05, 0) is 86.6 Å². The fraction of sp³-hybridized carbons (Fsp3) is 0.375. The quantitative estimate of drug-likeness (QED) is 0.645. The van der Waals surface area contributed by atoms with Gasteiger partial charge in [-0.25, -0.2) is 0 Å². The molecule has 0 atom stereocenters. The second-order valence-corrected chi connectivity index (χ2v) is 7.28. The Kier molecular flexibility index (Phi) is 6.64. The number of benzene rings is 2. The molecule has 1 N–H and O–H groups in total. The van der Waals surface area contributed by atoms with E-state index in [1.165, 1.54) is 28.0 Å². The number of nitriles is 1. The van der Waals surface area contributed by atoms with Crippen molar-refractivity contribution in [3.05, 3.63) is 69.8 Å². The van der Waals surface area contributed by atoms with Gasteiger partial charge in [0, 0.05) is 11.7 Å². The van der Waals surface area contributed by atoms with Gasteiger partial charge in [0.05, 0.1) is 11.6 Å². The van der Waals surface area contributed by atoms with Crippen molar-refractivity contribution in [3.63, 3.8) is 0 Å². The highest BCUT2D eigenvalue weighted by Crippen LogP contribution is 2.33. The van der Waals surface area contributed by atoms with Gasteiger partial charge in [0.1, 0.15) is 0 Å². The molecule has 0 spiro atoms. The molecule has 0 fully saturated rings. The van der Waals surface area contributed by atoms with Gasteiger partial charge in [-0.2, -0.15) is 5.26 Å². The highest BCUT2D eigenvalue weighted by atomic mass is 14.9. The number of unbranched alkanes of at least 4 members (excludes halogenated alkanes) is 1. The summed E-state index contributed by atoms with van der Waals surface area (Å²) < 4.78 is 0. The van der Waals surface area contributed by atoms with Crippen LogP contribution in [0.25, 0.3) is 5.57 Å². The summed E-state index contributed by atoms with van der Waals surface area (Å²) in [7, 11) is 0. The van der Waals surface area contributed by atoms with Crippen molar-refractivity contribution in [3.8, 4) is 6.07 Å². The Hall–Kier alpha value is -2.53. The van der Waals surface area contributed by atoms with E-state index in [0.717, 1.165) is 29.5 Å². The number of rotatable bonds is 6. The zero-order valence-corrected chi connectivity index (χ0v) is 16.9. The van der Waals surface area contributed by atoms with Gasteiger partial charge in [0.2, 0.25) is 0 Å². The van der Waals surface area contributed by atoms with E-state index in [9.17, 15) is 5.26 Å². The molecule has 26 heavy (non-hydrogen) atoms. The van der Waals surface area contributed by atoms with Gasteiger partial charge in [-0.15, -0.1) is 0 Å². The smallest absolute Gasteiger partial charge is 0.0994 e. The number of hydrogen-bond donors (Lipinski definition) is 1. The monoisotopic (exact) mass is 346 g/mol. The van der Waals surface area contributed by atoms with Crippen LogP contribution < -0.4 is 5.32 Å². The van der Waals surface area contributed by atoms with Gasteiger partial charge >= 0.3 is 0 Å². The maximum Gasteiger partial charge on any atom is 0.0994 e. The Balaban J connectivity index is 2.67. The molecule has 2 heteroatoms. The van der Waals surface area contributed by atoms with Crippen LogP contribution in [0.5, 0.6) is 0 Å². The largest absolute Gasteiger partial charge is 0.383 e. The minimum atomic E-state index is 0.387. The maximum atomic E-state index is 9.48. The van der Waals surface area contributed by atoms with Gasteiger partial charge < -0.3 is 5.32 Å². The molecule has 136 valence electrons. The normalized spacial score (nSPS) is 11.5. The summed E-state index contributed by atoms with van der Waals surface area (Å²) in [6.45, 7) is 12.8. The molecule has 2 aromatic carbocycles. The van der Waals surface area contributed by atoms with Crippen molar-refractivity contribution in [1.82, 2.24) is 0 Å². The molecule has 0 amide bonds. The van der Waals surface area contributed by atoms with Crippen LogP contribution in [-0.4, -0.2) is 6.04 Å². The number of nitrogens with zero attached hydrogens (tertiary/aromatic N) is 1. The van der Waals surface area contributed by atoms with Crippen molar-refractivity contribution in [1.29, 1.82) is 5.26 Å². The standard InChI is InChI=1S/C24H30N2/c1-7-8-10-22(23-14-20(15-25)17(4)13-18(23)5)21-11-9-12-24(19(21)6)26-16(2)3/h9-14,16,26H,7-8H2,1-6H3/b22-10-. The van der Waals surface area contributed by atoms with Crippen LogP contribution in [-0.2, 0) is 0 Å². The van der Waals surface area contributed by atoms with Gasteiger partial charge in [-0.1, -0.05) is 37.6 Å². The first-order valence-corrected chi connectivity index (χ1v) is 9.47. The van der Waals surface area contributed by atoms with Crippen molar-refractivity contribution in [2.75, 3.05) is 5.32 Å². The first-order valence-electron chi connectivity index (χ1n) is 9.47. The SMILES string of the molecule is CCC/C=C(\c1cc(C#N)c(C)cc1C)c1cccc(NC(C)C)c1C. The third-order valence-electron chi connectivity index (χ3n) is 4.69. The second-order valence-electron chi connectivity index (χ2n) is 7.28. The Morgan fingerprint density at radius 3 is 2.46 bits per heavy atom. The van der Waals surface area contributed by atoms with Crippen molar-refractivity contribution in [2.24, 2.45) is 0 Å². The minimum Gasteiger partial charge on any atom is -0.383 e. The average Bonchev–Trinajstić information content (AvgIpc) is 2.59. The molecule has 0 aromatic heterocycles. The summed E-state index contributed by atoms with van der Waals surface area (Å²) in [5, 5.41) is 13.0. The van der Waals surface area contributed by atoms with E-state index in [2.05, 4.69) is 76.3 Å². The fourth-order valence-corrected chi connectivity index (χ4v) is 3.31. The molecular formula is C24H30N2. The summed E-state index contributed by atoms with van der Waals surface area (Å²) in [6, 6.07) is 13.3. The molecule has 0 radical (unpaired) electrons.